The highest BCUT2D eigenvalue weighted by atomic mass is 19.1. The van der Waals surface area contributed by atoms with Gasteiger partial charge in [0.05, 0.1) is 5.56 Å². The first kappa shape index (κ1) is 13.3. The molecule has 0 atom stereocenters. The molecule has 0 saturated carbocycles. The van der Waals surface area contributed by atoms with Crippen molar-refractivity contribution in [2.24, 2.45) is 0 Å². The summed E-state index contributed by atoms with van der Waals surface area (Å²) >= 11 is 0. The Labute approximate surface area is 111 Å². The van der Waals surface area contributed by atoms with Gasteiger partial charge in [0.1, 0.15) is 23.7 Å². The van der Waals surface area contributed by atoms with Crippen LogP contribution in [0.3, 0.4) is 0 Å². The molecule has 19 heavy (non-hydrogen) atoms. The number of aryl methyl sites for hydroxylation is 1. The third kappa shape index (κ3) is 2.81. The van der Waals surface area contributed by atoms with Gasteiger partial charge in [-0.3, -0.25) is 0 Å². The van der Waals surface area contributed by atoms with Gasteiger partial charge in [-0.2, -0.15) is 0 Å². The Morgan fingerprint density at radius 1 is 1.26 bits per heavy atom. The van der Waals surface area contributed by atoms with Crippen molar-refractivity contribution in [3.05, 3.63) is 41.5 Å². The number of aromatic nitrogens is 2. The molecule has 1 heterocycles. The zero-order valence-electron chi connectivity index (χ0n) is 11.1. The Bertz CT molecular complexity index is 599. The lowest BCUT2D eigenvalue weighted by atomic mass is 10.1. The minimum Gasteiger partial charge on any atom is -0.438 e. The summed E-state index contributed by atoms with van der Waals surface area (Å²) in [6.07, 6.45) is 1.36. The number of halogens is 1. The Morgan fingerprint density at radius 3 is 2.63 bits per heavy atom. The van der Waals surface area contributed by atoms with E-state index < -0.39 is 0 Å². The number of hydrogen-bond donors (Lipinski definition) is 1. The first-order valence-electron chi connectivity index (χ1n) is 6.03. The quantitative estimate of drug-likeness (QED) is 0.919. The number of nitrogens with two attached hydrogens (primary N) is 1. The lowest BCUT2D eigenvalue weighted by molar-refractivity contribution is 0.447. The highest BCUT2D eigenvalue weighted by molar-refractivity contribution is 5.48. The van der Waals surface area contributed by atoms with Crippen molar-refractivity contribution >= 4 is 5.82 Å². The number of nitrogens with zero attached hydrogens (tertiary/aromatic N) is 2. The highest BCUT2D eigenvalue weighted by Crippen LogP contribution is 2.32. The molecule has 1 aromatic heterocycles. The van der Waals surface area contributed by atoms with Gasteiger partial charge in [0.25, 0.3) is 0 Å². The summed E-state index contributed by atoms with van der Waals surface area (Å²) in [6, 6.07) is 4.34. The molecule has 0 saturated heterocycles. The fourth-order valence-corrected chi connectivity index (χ4v) is 1.85. The summed E-state index contributed by atoms with van der Waals surface area (Å²) in [4.78, 5) is 8.08. The molecule has 4 nitrogen and oxygen atoms in total. The Kier molecular flexibility index (Phi) is 3.64. The molecule has 2 aromatic rings. The van der Waals surface area contributed by atoms with Crippen molar-refractivity contribution in [2.75, 3.05) is 5.73 Å². The Morgan fingerprint density at radius 2 is 2.00 bits per heavy atom. The second kappa shape index (κ2) is 5.22. The van der Waals surface area contributed by atoms with E-state index in [9.17, 15) is 4.39 Å². The lowest BCUT2D eigenvalue weighted by Crippen LogP contribution is -2.04. The average molecular weight is 261 g/mol. The van der Waals surface area contributed by atoms with Crippen LogP contribution >= 0.6 is 0 Å². The highest BCUT2D eigenvalue weighted by Gasteiger charge is 2.15. The predicted molar refractivity (Wildman–Crippen MR) is 71.7 cm³/mol. The van der Waals surface area contributed by atoms with Crippen molar-refractivity contribution in [2.45, 2.75) is 26.7 Å². The molecule has 0 aliphatic heterocycles. The van der Waals surface area contributed by atoms with E-state index in [0.29, 0.717) is 23.0 Å². The van der Waals surface area contributed by atoms with Crippen LogP contribution < -0.4 is 10.5 Å². The maximum atomic E-state index is 13.1. The van der Waals surface area contributed by atoms with E-state index in [-0.39, 0.29) is 11.7 Å². The van der Waals surface area contributed by atoms with Gasteiger partial charge >= 0.3 is 0 Å². The summed E-state index contributed by atoms with van der Waals surface area (Å²) in [6.45, 7) is 5.75. The molecule has 5 heteroatoms. The van der Waals surface area contributed by atoms with Crippen LogP contribution in [0.1, 0.15) is 30.9 Å². The average Bonchev–Trinajstić information content (AvgIpc) is 2.32. The molecular weight excluding hydrogens is 245 g/mol. The van der Waals surface area contributed by atoms with Gasteiger partial charge in [0.15, 0.2) is 0 Å². The number of nitrogen functional groups attached to an aromatic ring is 1. The molecule has 0 bridgehead atoms. The molecular formula is C14H16FN3O. The number of anilines is 1. The van der Waals surface area contributed by atoms with E-state index in [1.54, 1.807) is 13.0 Å². The van der Waals surface area contributed by atoms with Crippen molar-refractivity contribution in [1.29, 1.82) is 0 Å². The van der Waals surface area contributed by atoms with Crippen molar-refractivity contribution in [1.82, 2.24) is 9.97 Å². The summed E-state index contributed by atoms with van der Waals surface area (Å²) in [5.41, 5.74) is 7.30. The summed E-state index contributed by atoms with van der Waals surface area (Å²) in [5.74, 6) is 1.21. The van der Waals surface area contributed by atoms with Gasteiger partial charge in [0, 0.05) is 0 Å². The van der Waals surface area contributed by atoms with Crippen LogP contribution in [0.4, 0.5) is 10.2 Å². The van der Waals surface area contributed by atoms with E-state index in [1.807, 2.05) is 13.8 Å². The fourth-order valence-electron chi connectivity index (χ4n) is 1.85. The van der Waals surface area contributed by atoms with Gasteiger partial charge in [-0.15, -0.1) is 0 Å². The van der Waals surface area contributed by atoms with Crippen LogP contribution in [0.5, 0.6) is 11.6 Å². The first-order valence-corrected chi connectivity index (χ1v) is 6.03. The van der Waals surface area contributed by atoms with E-state index in [4.69, 9.17) is 10.5 Å². The summed E-state index contributed by atoms with van der Waals surface area (Å²) in [7, 11) is 0. The predicted octanol–water partition coefficient (Wildman–Crippen LogP) is 3.42. The molecule has 0 aliphatic carbocycles. The molecule has 0 radical (unpaired) electrons. The van der Waals surface area contributed by atoms with E-state index in [1.165, 1.54) is 18.5 Å². The standard InChI is InChI=1S/C14H16FN3O/c1-8(2)12-13(16)17-7-18-14(12)19-11-5-4-10(15)6-9(11)3/h4-8H,1-3H3,(H2,16,17,18). The van der Waals surface area contributed by atoms with Gasteiger partial charge in [-0.05, 0) is 36.6 Å². The van der Waals surface area contributed by atoms with Gasteiger partial charge in [-0.1, -0.05) is 13.8 Å². The van der Waals surface area contributed by atoms with Gasteiger partial charge in [0.2, 0.25) is 5.88 Å². The van der Waals surface area contributed by atoms with E-state index in [2.05, 4.69) is 9.97 Å². The minimum absolute atomic E-state index is 0.136. The molecule has 0 aliphatic rings. The van der Waals surface area contributed by atoms with Gasteiger partial charge in [-0.25, -0.2) is 14.4 Å². The van der Waals surface area contributed by atoms with E-state index >= 15 is 0 Å². The Hall–Kier alpha value is -2.17. The van der Waals surface area contributed by atoms with Crippen molar-refractivity contribution in [3.63, 3.8) is 0 Å². The molecule has 2 rings (SSSR count). The maximum Gasteiger partial charge on any atom is 0.227 e. The first-order chi connectivity index (χ1) is 8.99. The van der Waals surface area contributed by atoms with Crippen LogP contribution in [0.15, 0.2) is 24.5 Å². The Balaban J connectivity index is 2.41. The topological polar surface area (TPSA) is 61.0 Å². The van der Waals surface area contributed by atoms with Crippen LogP contribution in [0.25, 0.3) is 0 Å². The molecule has 2 N–H and O–H groups in total. The molecule has 0 amide bonds. The minimum atomic E-state index is -0.295. The van der Waals surface area contributed by atoms with Crippen LogP contribution in [-0.2, 0) is 0 Å². The number of benzene rings is 1. The summed E-state index contributed by atoms with van der Waals surface area (Å²) < 4.78 is 18.8. The van der Waals surface area contributed by atoms with Crippen LogP contribution in [0.2, 0.25) is 0 Å². The number of hydrogen-bond acceptors (Lipinski definition) is 4. The third-order valence-electron chi connectivity index (χ3n) is 2.80. The maximum absolute atomic E-state index is 13.1. The van der Waals surface area contributed by atoms with Crippen LogP contribution in [0, 0.1) is 12.7 Å². The molecule has 0 spiro atoms. The van der Waals surface area contributed by atoms with E-state index in [0.717, 1.165) is 5.56 Å². The number of rotatable bonds is 3. The van der Waals surface area contributed by atoms with Crippen molar-refractivity contribution in [3.8, 4) is 11.6 Å². The second-order valence-corrected chi connectivity index (χ2v) is 4.64. The van der Waals surface area contributed by atoms with Crippen LogP contribution in [-0.4, -0.2) is 9.97 Å². The lowest BCUT2D eigenvalue weighted by Gasteiger charge is -2.14. The fraction of sp³-hybridized carbons (Fsp3) is 0.286. The largest absolute Gasteiger partial charge is 0.438 e. The SMILES string of the molecule is Cc1cc(F)ccc1Oc1ncnc(N)c1C(C)C. The molecule has 0 fully saturated rings. The monoisotopic (exact) mass is 261 g/mol. The zero-order valence-corrected chi connectivity index (χ0v) is 11.1. The number of ether oxygens (including phenoxy) is 1. The summed E-state index contributed by atoms with van der Waals surface area (Å²) in [5, 5.41) is 0. The van der Waals surface area contributed by atoms with Gasteiger partial charge < -0.3 is 10.5 Å². The van der Waals surface area contributed by atoms with Crippen molar-refractivity contribution < 1.29 is 9.13 Å². The smallest absolute Gasteiger partial charge is 0.227 e. The zero-order chi connectivity index (χ0) is 14.0. The second-order valence-electron chi connectivity index (χ2n) is 4.64. The normalized spacial score (nSPS) is 10.8. The third-order valence-corrected chi connectivity index (χ3v) is 2.80. The molecule has 100 valence electrons. The molecule has 0 unspecified atom stereocenters. The molecule has 1 aromatic carbocycles.